The van der Waals surface area contributed by atoms with E-state index in [1.165, 1.54) is 5.41 Å². The van der Waals surface area contributed by atoms with Crippen LogP contribution in [0, 0.1) is 0 Å². The zero-order chi connectivity index (χ0) is 22.8. The van der Waals surface area contributed by atoms with Crippen LogP contribution in [-0.4, -0.2) is 26.4 Å². The third kappa shape index (κ3) is 7.18. The maximum atomic E-state index is 12.7. The van der Waals surface area contributed by atoms with Crippen molar-refractivity contribution in [3.05, 3.63) is 114 Å². The highest BCUT2D eigenvalue weighted by Gasteiger charge is 2.18. The van der Waals surface area contributed by atoms with Gasteiger partial charge in [0.2, 0.25) is 5.91 Å². The lowest BCUT2D eigenvalue weighted by Crippen LogP contribution is -2.46. The summed E-state index contributed by atoms with van der Waals surface area (Å²) in [6.07, 6.45) is 3.19. The van der Waals surface area contributed by atoms with E-state index in [0.717, 1.165) is 11.1 Å². The summed E-state index contributed by atoms with van der Waals surface area (Å²) in [5.74, 6) is -0.311. The molecule has 166 valence electrons. The lowest BCUT2D eigenvalue weighted by Gasteiger charge is -2.19. The van der Waals surface area contributed by atoms with Gasteiger partial charge in [0.05, 0.1) is 10.9 Å². The first-order valence-corrected chi connectivity index (χ1v) is 12.1. The van der Waals surface area contributed by atoms with Crippen LogP contribution in [0.4, 0.5) is 0 Å². The van der Waals surface area contributed by atoms with Crippen molar-refractivity contribution in [2.75, 3.05) is 0 Å². The minimum absolute atomic E-state index is 0.213. The molecule has 32 heavy (non-hydrogen) atoms. The highest BCUT2D eigenvalue weighted by atomic mass is 32.2. The lowest BCUT2D eigenvalue weighted by molar-refractivity contribution is -0.122. The molecule has 0 heterocycles. The van der Waals surface area contributed by atoms with E-state index in [0.29, 0.717) is 19.3 Å². The zero-order valence-electron chi connectivity index (χ0n) is 17.8. The molecule has 0 saturated heterocycles. The minimum Gasteiger partial charge on any atom is -0.349 e. The second-order valence-corrected chi connectivity index (χ2v) is 9.46. The molecular weight excluding hydrogens is 420 g/mol. The number of aryl methyl sites for hydroxylation is 1. The summed E-state index contributed by atoms with van der Waals surface area (Å²) in [5.41, 5.74) is 8.20. The first kappa shape index (κ1) is 23.4. The number of carbonyl (C=O) groups is 1. The topological polar surface area (TPSA) is 89.3 Å². The average Bonchev–Trinajstić information content (AvgIpc) is 2.82. The maximum Gasteiger partial charge on any atom is 0.237 e. The Morgan fingerprint density at radius 1 is 0.844 bits per heavy atom. The number of hydrogen-bond donors (Lipinski definition) is 2. The molecular formula is C26H28N2O3S. The van der Waals surface area contributed by atoms with Crippen LogP contribution in [0.1, 0.15) is 17.5 Å². The summed E-state index contributed by atoms with van der Waals surface area (Å²) in [5, 5.41) is 4.08. The van der Waals surface area contributed by atoms with Gasteiger partial charge < -0.3 is 11.1 Å². The van der Waals surface area contributed by atoms with Crippen molar-refractivity contribution in [1.29, 1.82) is 0 Å². The highest BCUT2D eigenvalue weighted by molar-refractivity contribution is 7.94. The molecule has 0 spiro atoms. The molecule has 0 aliphatic heterocycles. The fraction of sp³-hybridized carbons (Fsp3) is 0.192. The summed E-state index contributed by atoms with van der Waals surface area (Å²) >= 11 is 0. The van der Waals surface area contributed by atoms with Crippen LogP contribution in [0.2, 0.25) is 0 Å². The van der Waals surface area contributed by atoms with Gasteiger partial charge in [-0.3, -0.25) is 4.79 Å². The molecule has 3 rings (SSSR count). The maximum absolute atomic E-state index is 12.7. The number of rotatable bonds is 10. The Bertz CT molecular complexity index is 1120. The van der Waals surface area contributed by atoms with Crippen LogP contribution in [0.3, 0.4) is 0 Å². The van der Waals surface area contributed by atoms with Crippen LogP contribution in [-0.2, 0) is 27.5 Å². The predicted molar refractivity (Wildman–Crippen MR) is 128 cm³/mol. The molecule has 0 radical (unpaired) electrons. The van der Waals surface area contributed by atoms with Crippen molar-refractivity contribution < 1.29 is 13.2 Å². The van der Waals surface area contributed by atoms with E-state index in [2.05, 4.69) is 5.32 Å². The van der Waals surface area contributed by atoms with Gasteiger partial charge in [-0.25, -0.2) is 8.42 Å². The first-order valence-electron chi connectivity index (χ1n) is 10.6. The van der Waals surface area contributed by atoms with Crippen LogP contribution >= 0.6 is 0 Å². The van der Waals surface area contributed by atoms with Gasteiger partial charge in [0, 0.05) is 11.4 Å². The highest BCUT2D eigenvalue weighted by Crippen LogP contribution is 2.13. The molecule has 1 unspecified atom stereocenters. The molecule has 2 atom stereocenters. The molecule has 3 aromatic rings. The zero-order valence-corrected chi connectivity index (χ0v) is 18.6. The standard InChI is InChI=1S/C26H28N2O3S/c27-25(20-22-12-6-2-7-13-22)26(29)28-23(17-16-21-10-4-1-5-11-21)18-19-32(30,31)24-14-8-3-9-15-24/h1-15,18-19,23,25H,16-17,20,27H2,(H,28,29)/t23-,25?/m0/s1. The van der Waals surface area contributed by atoms with Crippen molar-refractivity contribution in [2.45, 2.75) is 36.2 Å². The summed E-state index contributed by atoms with van der Waals surface area (Å²) in [7, 11) is -3.61. The van der Waals surface area contributed by atoms with Gasteiger partial charge in [0.1, 0.15) is 0 Å². The number of amides is 1. The van der Waals surface area contributed by atoms with Crippen molar-refractivity contribution in [2.24, 2.45) is 5.73 Å². The van der Waals surface area contributed by atoms with Crippen LogP contribution in [0.25, 0.3) is 0 Å². The Morgan fingerprint density at radius 3 is 1.97 bits per heavy atom. The number of sulfone groups is 1. The molecule has 1 amide bonds. The van der Waals surface area contributed by atoms with Gasteiger partial charge in [-0.1, -0.05) is 84.9 Å². The summed E-state index contributed by atoms with van der Waals surface area (Å²) in [6, 6.07) is 26.4. The van der Waals surface area contributed by atoms with Crippen molar-refractivity contribution in [3.63, 3.8) is 0 Å². The Kier molecular flexibility index (Phi) is 8.36. The first-order chi connectivity index (χ1) is 15.4. The molecule has 0 aliphatic carbocycles. The van der Waals surface area contributed by atoms with Gasteiger partial charge in [-0.2, -0.15) is 0 Å². The fourth-order valence-electron chi connectivity index (χ4n) is 3.32. The number of nitrogens with two attached hydrogens (primary N) is 1. The van der Waals surface area contributed by atoms with Crippen molar-refractivity contribution in [3.8, 4) is 0 Å². The van der Waals surface area contributed by atoms with E-state index in [1.807, 2.05) is 60.7 Å². The van der Waals surface area contributed by atoms with Gasteiger partial charge in [0.25, 0.3) is 0 Å². The molecule has 0 aromatic heterocycles. The fourth-order valence-corrected chi connectivity index (χ4v) is 4.41. The summed E-state index contributed by atoms with van der Waals surface area (Å²) in [4.78, 5) is 13.0. The van der Waals surface area contributed by atoms with Crippen LogP contribution in [0.5, 0.6) is 0 Å². The molecule has 3 aromatic carbocycles. The van der Waals surface area contributed by atoms with Gasteiger partial charge in [0.15, 0.2) is 9.84 Å². The van der Waals surface area contributed by atoms with Crippen molar-refractivity contribution >= 4 is 15.7 Å². The molecule has 5 nitrogen and oxygen atoms in total. The van der Waals surface area contributed by atoms with Crippen molar-refractivity contribution in [1.82, 2.24) is 5.32 Å². The Labute approximate surface area is 189 Å². The van der Waals surface area contributed by atoms with E-state index >= 15 is 0 Å². The molecule has 6 heteroatoms. The second kappa shape index (κ2) is 11.4. The van der Waals surface area contributed by atoms with E-state index in [9.17, 15) is 13.2 Å². The van der Waals surface area contributed by atoms with Crippen LogP contribution in [0.15, 0.2) is 107 Å². The second-order valence-electron chi connectivity index (χ2n) is 7.62. The molecule has 0 aliphatic rings. The number of nitrogens with one attached hydrogen (secondary N) is 1. The lowest BCUT2D eigenvalue weighted by atomic mass is 10.0. The largest absolute Gasteiger partial charge is 0.349 e. The smallest absolute Gasteiger partial charge is 0.237 e. The van der Waals surface area contributed by atoms with E-state index in [4.69, 9.17) is 5.73 Å². The average molecular weight is 449 g/mol. The van der Waals surface area contributed by atoms with E-state index in [-0.39, 0.29) is 10.8 Å². The van der Waals surface area contributed by atoms with Gasteiger partial charge >= 0.3 is 0 Å². The molecule has 3 N–H and O–H groups in total. The van der Waals surface area contributed by atoms with Gasteiger partial charge in [-0.05, 0) is 42.5 Å². The monoisotopic (exact) mass is 448 g/mol. The predicted octanol–water partition coefficient (Wildman–Crippen LogP) is 3.66. The van der Waals surface area contributed by atoms with Crippen LogP contribution < -0.4 is 11.1 Å². The molecule has 0 bridgehead atoms. The number of hydrogen-bond acceptors (Lipinski definition) is 4. The Morgan fingerprint density at radius 2 is 1.38 bits per heavy atom. The molecule has 0 saturated carbocycles. The minimum atomic E-state index is -3.61. The van der Waals surface area contributed by atoms with Gasteiger partial charge in [-0.15, -0.1) is 0 Å². The Balaban J connectivity index is 1.71. The SMILES string of the molecule is NC(Cc1ccccc1)C(=O)N[C@H](C=CS(=O)(=O)c1ccccc1)CCc1ccccc1. The molecule has 0 fully saturated rings. The third-order valence-electron chi connectivity index (χ3n) is 5.11. The summed E-state index contributed by atoms with van der Waals surface area (Å²) < 4.78 is 25.3. The number of benzene rings is 3. The normalized spacial score (nSPS) is 13.5. The quantitative estimate of drug-likeness (QED) is 0.495. The number of carbonyl (C=O) groups excluding carboxylic acids is 1. The summed E-state index contributed by atoms with van der Waals surface area (Å²) in [6.45, 7) is 0. The third-order valence-corrected chi connectivity index (χ3v) is 6.56. The van der Waals surface area contributed by atoms with E-state index < -0.39 is 21.9 Å². The van der Waals surface area contributed by atoms with E-state index in [1.54, 1.807) is 36.4 Å². The Hall–Kier alpha value is -3.22.